The molecule has 1 fully saturated rings. The van der Waals surface area contributed by atoms with Crippen LogP contribution in [0.25, 0.3) is 0 Å². The summed E-state index contributed by atoms with van der Waals surface area (Å²) in [6.45, 7) is 9.12. The molecule has 5 nitrogen and oxygen atoms in total. The van der Waals surface area contributed by atoms with Crippen LogP contribution in [0.4, 0.5) is 0 Å². The molecule has 27 heavy (non-hydrogen) atoms. The zero-order valence-corrected chi connectivity index (χ0v) is 17.1. The van der Waals surface area contributed by atoms with E-state index in [4.69, 9.17) is 5.73 Å². The van der Waals surface area contributed by atoms with Gasteiger partial charge in [-0.05, 0) is 35.9 Å². The number of nitrogens with two attached hydrogens (primary N) is 1. The van der Waals surface area contributed by atoms with E-state index < -0.39 is 0 Å². The summed E-state index contributed by atoms with van der Waals surface area (Å²) in [4.78, 5) is 19.1. The second kappa shape index (κ2) is 9.44. The van der Waals surface area contributed by atoms with Gasteiger partial charge in [-0.3, -0.25) is 9.69 Å². The molecule has 2 atom stereocenters. The number of carbonyl (C=O) groups excluding carboxylic acids is 1. The van der Waals surface area contributed by atoms with Crippen LogP contribution in [0.5, 0.6) is 0 Å². The summed E-state index contributed by atoms with van der Waals surface area (Å²) in [5.74, 6) is 1.42. The first-order valence-electron chi connectivity index (χ1n) is 9.76. The molecule has 2 heterocycles. The summed E-state index contributed by atoms with van der Waals surface area (Å²) in [7, 11) is 0. The highest BCUT2D eigenvalue weighted by Crippen LogP contribution is 2.22. The second-order valence-electron chi connectivity index (χ2n) is 7.80. The van der Waals surface area contributed by atoms with E-state index in [1.54, 1.807) is 5.38 Å². The zero-order valence-electron chi connectivity index (χ0n) is 16.3. The molecule has 0 saturated carbocycles. The standard InChI is InChI=1S/C21H30N4OS/c1-15-9-16(2)12-25(11-15)13-18-5-3-17(4-6-18)10-23-21(26)19-14-27-20(24-19)7-8-22/h3-6,14-16H,7-13,22H2,1-2H3,(H,23,26). The van der Waals surface area contributed by atoms with Crippen molar-refractivity contribution in [3.63, 3.8) is 0 Å². The van der Waals surface area contributed by atoms with Crippen LogP contribution in [-0.2, 0) is 19.5 Å². The van der Waals surface area contributed by atoms with Crippen molar-refractivity contribution in [1.29, 1.82) is 0 Å². The van der Waals surface area contributed by atoms with Crippen LogP contribution in [0, 0.1) is 11.8 Å². The van der Waals surface area contributed by atoms with Crippen molar-refractivity contribution in [2.24, 2.45) is 17.6 Å². The van der Waals surface area contributed by atoms with Gasteiger partial charge in [0.2, 0.25) is 0 Å². The number of aromatic nitrogens is 1. The molecule has 1 aromatic carbocycles. The van der Waals surface area contributed by atoms with Gasteiger partial charge in [0.1, 0.15) is 5.69 Å². The Kier molecular flexibility index (Phi) is 6.99. The van der Waals surface area contributed by atoms with Gasteiger partial charge in [-0.1, -0.05) is 38.1 Å². The Bertz CT molecular complexity index is 733. The van der Waals surface area contributed by atoms with Crippen LogP contribution in [0.1, 0.15) is 46.9 Å². The fraction of sp³-hybridized carbons (Fsp3) is 0.524. The van der Waals surface area contributed by atoms with Crippen molar-refractivity contribution in [3.05, 3.63) is 51.5 Å². The van der Waals surface area contributed by atoms with Gasteiger partial charge >= 0.3 is 0 Å². The van der Waals surface area contributed by atoms with E-state index in [2.05, 4.69) is 53.3 Å². The fourth-order valence-corrected chi connectivity index (χ4v) is 4.66. The second-order valence-corrected chi connectivity index (χ2v) is 8.75. The van der Waals surface area contributed by atoms with Gasteiger partial charge in [-0.25, -0.2) is 4.98 Å². The molecule has 3 N–H and O–H groups in total. The normalized spacial score (nSPS) is 20.6. The molecule has 0 aliphatic carbocycles. The summed E-state index contributed by atoms with van der Waals surface area (Å²) in [6, 6.07) is 8.56. The van der Waals surface area contributed by atoms with E-state index in [1.165, 1.54) is 36.4 Å². The van der Waals surface area contributed by atoms with Gasteiger partial charge < -0.3 is 11.1 Å². The summed E-state index contributed by atoms with van der Waals surface area (Å²) in [5.41, 5.74) is 8.44. The molecule has 0 bridgehead atoms. The van der Waals surface area contributed by atoms with Gasteiger partial charge in [-0.15, -0.1) is 11.3 Å². The lowest BCUT2D eigenvalue weighted by Crippen LogP contribution is -2.38. The zero-order chi connectivity index (χ0) is 19.2. The van der Waals surface area contributed by atoms with Crippen LogP contribution in [0.15, 0.2) is 29.6 Å². The average Bonchev–Trinajstić information content (AvgIpc) is 3.09. The van der Waals surface area contributed by atoms with Crippen molar-refractivity contribution in [1.82, 2.24) is 15.2 Å². The number of nitrogens with one attached hydrogen (secondary N) is 1. The SMILES string of the molecule is CC1CC(C)CN(Cc2ccc(CNC(=O)c3csc(CCN)n3)cc2)C1. The number of likely N-dealkylation sites (tertiary alicyclic amines) is 1. The van der Waals surface area contributed by atoms with Crippen molar-refractivity contribution in [3.8, 4) is 0 Å². The van der Waals surface area contributed by atoms with Gasteiger partial charge in [-0.2, -0.15) is 0 Å². The Morgan fingerprint density at radius 3 is 2.56 bits per heavy atom. The van der Waals surface area contributed by atoms with Gasteiger partial charge in [0.15, 0.2) is 0 Å². The summed E-state index contributed by atoms with van der Waals surface area (Å²) < 4.78 is 0. The molecule has 1 amide bonds. The Morgan fingerprint density at radius 1 is 1.22 bits per heavy atom. The number of thiazole rings is 1. The first-order chi connectivity index (χ1) is 13.0. The Hall–Kier alpha value is -1.76. The number of carbonyl (C=O) groups is 1. The Labute approximate surface area is 166 Å². The number of hydrogen-bond acceptors (Lipinski definition) is 5. The molecule has 3 rings (SSSR count). The van der Waals surface area contributed by atoms with E-state index in [1.807, 2.05) is 0 Å². The van der Waals surface area contributed by atoms with Crippen molar-refractivity contribution in [2.45, 2.75) is 39.8 Å². The van der Waals surface area contributed by atoms with Crippen LogP contribution < -0.4 is 11.1 Å². The molecule has 6 heteroatoms. The predicted molar refractivity (Wildman–Crippen MR) is 111 cm³/mol. The molecule has 2 aromatic rings. The van der Waals surface area contributed by atoms with E-state index in [9.17, 15) is 4.79 Å². The highest BCUT2D eigenvalue weighted by Gasteiger charge is 2.21. The van der Waals surface area contributed by atoms with Gasteiger partial charge in [0.05, 0.1) is 5.01 Å². The molecule has 0 radical (unpaired) electrons. The Morgan fingerprint density at radius 2 is 1.89 bits per heavy atom. The highest BCUT2D eigenvalue weighted by atomic mass is 32.1. The van der Waals surface area contributed by atoms with Crippen LogP contribution in [-0.4, -0.2) is 35.4 Å². The lowest BCUT2D eigenvalue weighted by Gasteiger charge is -2.35. The van der Waals surface area contributed by atoms with E-state index in [0.717, 1.165) is 29.0 Å². The lowest BCUT2D eigenvalue weighted by atomic mass is 9.91. The molecular weight excluding hydrogens is 356 g/mol. The smallest absolute Gasteiger partial charge is 0.271 e. The van der Waals surface area contributed by atoms with Crippen molar-refractivity contribution in [2.75, 3.05) is 19.6 Å². The van der Waals surface area contributed by atoms with Crippen molar-refractivity contribution < 1.29 is 4.79 Å². The predicted octanol–water partition coefficient (Wildman–Crippen LogP) is 3.05. The number of benzene rings is 1. The summed E-state index contributed by atoms with van der Waals surface area (Å²) >= 11 is 1.49. The monoisotopic (exact) mass is 386 g/mol. The molecule has 1 saturated heterocycles. The third-order valence-corrected chi connectivity index (χ3v) is 5.88. The number of nitrogens with zero attached hydrogens (tertiary/aromatic N) is 2. The first kappa shape index (κ1) is 20.0. The molecule has 2 unspecified atom stereocenters. The molecule has 1 aliphatic heterocycles. The first-order valence-corrected chi connectivity index (χ1v) is 10.6. The van der Waals surface area contributed by atoms with Crippen molar-refractivity contribution >= 4 is 17.2 Å². The largest absolute Gasteiger partial charge is 0.347 e. The van der Waals surface area contributed by atoms with E-state index >= 15 is 0 Å². The molecule has 1 aromatic heterocycles. The fourth-order valence-electron chi connectivity index (χ4n) is 3.87. The minimum atomic E-state index is -0.130. The number of amides is 1. The third-order valence-electron chi connectivity index (χ3n) is 4.97. The number of piperidine rings is 1. The minimum absolute atomic E-state index is 0.130. The molecule has 1 aliphatic rings. The minimum Gasteiger partial charge on any atom is -0.347 e. The quantitative estimate of drug-likeness (QED) is 0.767. The van der Waals surface area contributed by atoms with Gasteiger partial charge in [0.25, 0.3) is 5.91 Å². The molecular formula is C21H30N4OS. The summed E-state index contributed by atoms with van der Waals surface area (Å²) in [6.07, 6.45) is 2.05. The lowest BCUT2D eigenvalue weighted by molar-refractivity contribution is 0.0946. The maximum atomic E-state index is 12.2. The third kappa shape index (κ3) is 5.86. The molecule has 146 valence electrons. The van der Waals surface area contributed by atoms with Crippen LogP contribution in [0.2, 0.25) is 0 Å². The van der Waals surface area contributed by atoms with Crippen LogP contribution in [0.3, 0.4) is 0 Å². The van der Waals surface area contributed by atoms with E-state index in [-0.39, 0.29) is 5.91 Å². The topological polar surface area (TPSA) is 71.2 Å². The summed E-state index contributed by atoms with van der Waals surface area (Å²) in [5, 5.41) is 5.65. The number of hydrogen-bond donors (Lipinski definition) is 2. The number of rotatable bonds is 7. The van der Waals surface area contributed by atoms with E-state index in [0.29, 0.717) is 25.2 Å². The highest BCUT2D eigenvalue weighted by molar-refractivity contribution is 7.09. The van der Waals surface area contributed by atoms with Crippen LogP contribution >= 0.6 is 11.3 Å². The molecule has 0 spiro atoms. The van der Waals surface area contributed by atoms with Gasteiger partial charge in [0, 0.05) is 38.0 Å². The average molecular weight is 387 g/mol. The maximum Gasteiger partial charge on any atom is 0.271 e. The maximum absolute atomic E-state index is 12.2. The Balaban J connectivity index is 1.49.